The van der Waals surface area contributed by atoms with Crippen LogP contribution in [0, 0.1) is 5.41 Å². The zero-order valence-corrected chi connectivity index (χ0v) is 14.9. The Balaban J connectivity index is 1.81. The second-order valence-corrected chi connectivity index (χ2v) is 7.59. The van der Waals surface area contributed by atoms with E-state index in [1.165, 1.54) is 12.1 Å². The van der Waals surface area contributed by atoms with Gasteiger partial charge in [0.25, 0.3) is 0 Å². The molecule has 0 bridgehead atoms. The van der Waals surface area contributed by atoms with Crippen LogP contribution in [0.5, 0.6) is 0 Å². The van der Waals surface area contributed by atoms with Gasteiger partial charge in [0.2, 0.25) is 21.8 Å². The van der Waals surface area contributed by atoms with Gasteiger partial charge in [0.1, 0.15) is 5.41 Å². The summed E-state index contributed by atoms with van der Waals surface area (Å²) in [6, 6.07) is 6.16. The fraction of sp³-hybridized carbons (Fsp3) is 0.500. The largest absolute Gasteiger partial charge is 0.383 e. The summed E-state index contributed by atoms with van der Waals surface area (Å²) in [4.78, 5) is 24.4. The molecule has 1 fully saturated rings. The third kappa shape index (κ3) is 5.00. The first-order valence-electron chi connectivity index (χ1n) is 7.97. The standard InChI is InChI=1S/C16H23N3O5S/c1-24-11-10-19-15(21)16(7-8-16)14(20)18-9-6-12-2-4-13(5-3-12)25(17,22)23/h2-5H,6-11H2,1H3,(H,18,20)(H,19,21)(H2,17,22,23). The Labute approximate surface area is 147 Å². The Morgan fingerprint density at radius 2 is 1.68 bits per heavy atom. The van der Waals surface area contributed by atoms with Crippen LogP contribution in [0.4, 0.5) is 0 Å². The van der Waals surface area contributed by atoms with Crippen molar-refractivity contribution in [2.45, 2.75) is 24.2 Å². The fourth-order valence-electron chi connectivity index (χ4n) is 2.45. The molecule has 0 saturated heterocycles. The number of carbonyl (C=O) groups excluding carboxylic acids is 2. The van der Waals surface area contributed by atoms with Crippen molar-refractivity contribution in [1.29, 1.82) is 0 Å². The molecule has 8 nitrogen and oxygen atoms in total. The number of sulfonamides is 1. The second-order valence-electron chi connectivity index (χ2n) is 6.03. The highest BCUT2D eigenvalue weighted by molar-refractivity contribution is 7.89. The van der Waals surface area contributed by atoms with Crippen LogP contribution in [0.25, 0.3) is 0 Å². The van der Waals surface area contributed by atoms with Crippen LogP contribution in [-0.4, -0.2) is 47.0 Å². The molecular weight excluding hydrogens is 346 g/mol. The minimum Gasteiger partial charge on any atom is -0.383 e. The number of primary sulfonamides is 1. The van der Waals surface area contributed by atoms with Gasteiger partial charge < -0.3 is 15.4 Å². The highest BCUT2D eigenvalue weighted by Gasteiger charge is 2.56. The van der Waals surface area contributed by atoms with Crippen LogP contribution in [-0.2, 0) is 30.8 Å². The number of carbonyl (C=O) groups is 2. The van der Waals surface area contributed by atoms with E-state index in [-0.39, 0.29) is 16.7 Å². The molecule has 4 N–H and O–H groups in total. The average Bonchev–Trinajstić information content (AvgIpc) is 3.36. The number of benzene rings is 1. The number of hydrogen-bond acceptors (Lipinski definition) is 5. The predicted octanol–water partition coefficient (Wildman–Crippen LogP) is -0.464. The molecule has 1 saturated carbocycles. The molecule has 2 rings (SSSR count). The molecule has 1 aromatic rings. The molecule has 0 radical (unpaired) electrons. The molecule has 0 atom stereocenters. The molecule has 0 spiro atoms. The van der Waals surface area contributed by atoms with E-state index in [1.54, 1.807) is 19.2 Å². The third-order valence-electron chi connectivity index (χ3n) is 4.16. The lowest BCUT2D eigenvalue weighted by molar-refractivity contribution is -0.137. The summed E-state index contributed by atoms with van der Waals surface area (Å²) in [6.45, 7) is 1.14. The number of rotatable bonds is 9. The molecule has 0 unspecified atom stereocenters. The first-order chi connectivity index (χ1) is 11.8. The lowest BCUT2D eigenvalue weighted by Crippen LogP contribution is -2.44. The number of methoxy groups -OCH3 is 1. The third-order valence-corrected chi connectivity index (χ3v) is 5.09. The molecule has 9 heteroatoms. The Morgan fingerprint density at radius 3 is 2.16 bits per heavy atom. The summed E-state index contributed by atoms with van der Waals surface area (Å²) in [7, 11) is -2.16. The molecule has 1 aliphatic rings. The Morgan fingerprint density at radius 1 is 1.12 bits per heavy atom. The maximum atomic E-state index is 12.3. The fourth-order valence-corrected chi connectivity index (χ4v) is 2.97. The summed E-state index contributed by atoms with van der Waals surface area (Å²) in [6.07, 6.45) is 1.61. The van der Waals surface area contributed by atoms with Crippen molar-refractivity contribution in [3.8, 4) is 0 Å². The zero-order valence-electron chi connectivity index (χ0n) is 14.1. The quantitative estimate of drug-likeness (QED) is 0.401. The first kappa shape index (κ1) is 19.4. The van der Waals surface area contributed by atoms with E-state index in [9.17, 15) is 18.0 Å². The van der Waals surface area contributed by atoms with Gasteiger partial charge in [-0.1, -0.05) is 12.1 Å². The minimum absolute atomic E-state index is 0.0462. The van der Waals surface area contributed by atoms with E-state index in [4.69, 9.17) is 9.88 Å². The van der Waals surface area contributed by atoms with Gasteiger partial charge in [-0.25, -0.2) is 13.6 Å². The van der Waals surface area contributed by atoms with Crippen molar-refractivity contribution in [3.05, 3.63) is 29.8 Å². The highest BCUT2D eigenvalue weighted by Crippen LogP contribution is 2.46. The molecule has 0 heterocycles. The van der Waals surface area contributed by atoms with Crippen molar-refractivity contribution in [2.24, 2.45) is 10.6 Å². The maximum Gasteiger partial charge on any atom is 0.238 e. The van der Waals surface area contributed by atoms with E-state index in [1.807, 2.05) is 0 Å². The highest BCUT2D eigenvalue weighted by atomic mass is 32.2. The van der Waals surface area contributed by atoms with Crippen LogP contribution < -0.4 is 15.8 Å². The van der Waals surface area contributed by atoms with E-state index < -0.39 is 15.4 Å². The number of nitrogens with one attached hydrogen (secondary N) is 2. The maximum absolute atomic E-state index is 12.3. The Hall–Kier alpha value is -1.97. The molecular formula is C16H23N3O5S. The molecule has 25 heavy (non-hydrogen) atoms. The predicted molar refractivity (Wildman–Crippen MR) is 91.1 cm³/mol. The van der Waals surface area contributed by atoms with Crippen molar-refractivity contribution < 1.29 is 22.7 Å². The lowest BCUT2D eigenvalue weighted by Gasteiger charge is -2.15. The van der Waals surface area contributed by atoms with E-state index in [0.29, 0.717) is 39.0 Å². The summed E-state index contributed by atoms with van der Waals surface area (Å²) in [5, 5.41) is 10.5. The van der Waals surface area contributed by atoms with Gasteiger partial charge in [0, 0.05) is 20.2 Å². The van der Waals surface area contributed by atoms with Gasteiger partial charge in [0.05, 0.1) is 11.5 Å². The van der Waals surface area contributed by atoms with Crippen LogP contribution in [0.3, 0.4) is 0 Å². The SMILES string of the molecule is COCCNC(=O)C1(C(=O)NCCc2ccc(S(N)(=O)=O)cc2)CC1. The molecule has 1 aromatic carbocycles. The second kappa shape index (κ2) is 7.94. The number of hydrogen-bond donors (Lipinski definition) is 3. The van der Waals surface area contributed by atoms with Crippen LogP contribution in [0.2, 0.25) is 0 Å². The van der Waals surface area contributed by atoms with Crippen molar-refractivity contribution in [1.82, 2.24) is 10.6 Å². The summed E-state index contributed by atoms with van der Waals surface area (Å²) in [5.41, 5.74) is -0.0901. The van der Waals surface area contributed by atoms with Gasteiger partial charge in [-0.05, 0) is 37.0 Å². The van der Waals surface area contributed by atoms with Crippen molar-refractivity contribution in [2.75, 3.05) is 26.8 Å². The van der Waals surface area contributed by atoms with Gasteiger partial charge in [-0.3, -0.25) is 9.59 Å². The van der Waals surface area contributed by atoms with Gasteiger partial charge in [-0.2, -0.15) is 0 Å². The lowest BCUT2D eigenvalue weighted by atomic mass is 10.0. The Bertz CT molecular complexity index is 727. The molecule has 0 aromatic heterocycles. The first-order valence-corrected chi connectivity index (χ1v) is 9.51. The van der Waals surface area contributed by atoms with Crippen LogP contribution in [0.15, 0.2) is 29.2 Å². The molecule has 1 aliphatic carbocycles. The van der Waals surface area contributed by atoms with Gasteiger partial charge in [-0.15, -0.1) is 0 Å². The van der Waals surface area contributed by atoms with Gasteiger partial charge >= 0.3 is 0 Å². The summed E-state index contributed by atoms with van der Waals surface area (Å²) < 4.78 is 27.3. The zero-order chi connectivity index (χ0) is 18.5. The average molecular weight is 369 g/mol. The van der Waals surface area contributed by atoms with E-state index in [2.05, 4.69) is 10.6 Å². The van der Waals surface area contributed by atoms with Gasteiger partial charge in [0.15, 0.2) is 0 Å². The summed E-state index contributed by atoms with van der Waals surface area (Å²) >= 11 is 0. The van der Waals surface area contributed by atoms with Crippen LogP contribution >= 0.6 is 0 Å². The normalized spacial score (nSPS) is 15.4. The van der Waals surface area contributed by atoms with Crippen molar-refractivity contribution in [3.63, 3.8) is 0 Å². The number of ether oxygens (including phenoxy) is 1. The van der Waals surface area contributed by atoms with Crippen molar-refractivity contribution >= 4 is 21.8 Å². The monoisotopic (exact) mass is 369 g/mol. The topological polar surface area (TPSA) is 128 Å². The Kier molecular flexibility index (Phi) is 6.15. The van der Waals surface area contributed by atoms with Crippen LogP contribution in [0.1, 0.15) is 18.4 Å². The molecule has 0 aliphatic heterocycles. The molecule has 2 amide bonds. The number of nitrogens with two attached hydrogens (primary N) is 1. The summed E-state index contributed by atoms with van der Waals surface area (Å²) in [5.74, 6) is -0.539. The van der Waals surface area contributed by atoms with E-state index >= 15 is 0 Å². The van der Waals surface area contributed by atoms with E-state index in [0.717, 1.165) is 5.56 Å². The minimum atomic E-state index is -3.71. The number of amides is 2. The smallest absolute Gasteiger partial charge is 0.238 e. The molecule has 138 valence electrons.